The molecule has 0 fully saturated rings. The molecule has 0 bridgehead atoms. The zero-order valence-corrected chi connectivity index (χ0v) is 28.5. The maximum absolute atomic E-state index is 10.4. The highest BCUT2D eigenvalue weighted by atomic mass is 15.0. The van der Waals surface area contributed by atoms with E-state index in [2.05, 4.69) is 115 Å². The van der Waals surface area contributed by atoms with E-state index in [1.807, 2.05) is 54.6 Å². The summed E-state index contributed by atoms with van der Waals surface area (Å²) in [6.07, 6.45) is 0. The topological polar surface area (TPSA) is 67.4 Å². The second kappa shape index (κ2) is 11.2. The summed E-state index contributed by atoms with van der Waals surface area (Å²) in [4.78, 5) is 14.8. The maximum atomic E-state index is 10.4. The Balaban J connectivity index is 1.23. The number of nitriles is 1. The van der Waals surface area contributed by atoms with Crippen molar-refractivity contribution in [2.45, 2.75) is 19.3 Å². The molecule has 2 aromatic heterocycles. The Hall–Kier alpha value is -7.08. The van der Waals surface area contributed by atoms with Crippen LogP contribution in [0.2, 0.25) is 0 Å². The summed E-state index contributed by atoms with van der Waals surface area (Å²) in [5, 5.41) is 15.2. The van der Waals surface area contributed by atoms with Crippen LogP contribution in [0, 0.1) is 23.5 Å². The van der Waals surface area contributed by atoms with Gasteiger partial charge in [-0.15, -0.1) is 0 Å². The Morgan fingerprint density at radius 2 is 1.33 bits per heavy atom. The monoisotopic (exact) mass is 663 g/mol. The molecule has 0 N–H and O–H groups in total. The van der Waals surface area contributed by atoms with E-state index in [4.69, 9.17) is 15.0 Å². The van der Waals surface area contributed by atoms with Crippen molar-refractivity contribution >= 4 is 32.6 Å². The van der Waals surface area contributed by atoms with Crippen molar-refractivity contribution in [3.63, 3.8) is 0 Å². The summed E-state index contributed by atoms with van der Waals surface area (Å²) in [6, 6.07) is 56.3. The summed E-state index contributed by atoms with van der Waals surface area (Å²) in [7, 11) is 0. The van der Waals surface area contributed by atoms with Crippen LogP contribution >= 0.6 is 0 Å². The van der Waals surface area contributed by atoms with Crippen LogP contribution in [0.4, 0.5) is 0 Å². The van der Waals surface area contributed by atoms with Crippen LogP contribution in [-0.2, 0) is 5.41 Å². The molecule has 1 aliphatic rings. The van der Waals surface area contributed by atoms with Gasteiger partial charge in [-0.1, -0.05) is 111 Å². The number of rotatable bonds is 4. The van der Waals surface area contributed by atoms with E-state index < -0.39 is 0 Å². The second-order valence-corrected chi connectivity index (χ2v) is 13.9. The number of aromatic nitrogens is 4. The van der Waals surface area contributed by atoms with Gasteiger partial charge in [0.2, 0.25) is 0 Å². The van der Waals surface area contributed by atoms with Crippen molar-refractivity contribution in [3.8, 4) is 57.0 Å². The molecule has 7 aromatic carbocycles. The molecular formula is C47H29N5. The van der Waals surface area contributed by atoms with Gasteiger partial charge in [-0.2, -0.15) is 5.26 Å². The van der Waals surface area contributed by atoms with Crippen LogP contribution in [0.25, 0.3) is 83.6 Å². The third kappa shape index (κ3) is 4.47. The first kappa shape index (κ1) is 29.8. The molecule has 0 saturated carbocycles. The standard InChI is InChI=1S/C47H29N5/c1-47(2)39-22-21-30-13-9-10-18-35(30)43(39)38-26-37-36-19-11-12-20-41(36)52(42(37)27-40(38)47)34-24-29(28-48)23-33(25-34)46-50-44(31-14-5-3-6-15-31)49-45(51-46)32-16-7-4-8-17-32/h3,5-7,9-27H,1-2H3. The molecule has 5 nitrogen and oxygen atoms in total. The quantitative estimate of drug-likeness (QED) is 0.188. The Bertz CT molecular complexity index is 2880. The van der Waals surface area contributed by atoms with Gasteiger partial charge in [0.1, 0.15) is 0 Å². The number of hydrogen-bond donors (Lipinski definition) is 0. The van der Waals surface area contributed by atoms with E-state index in [1.54, 1.807) is 6.07 Å². The highest BCUT2D eigenvalue weighted by Crippen LogP contribution is 2.53. The van der Waals surface area contributed by atoms with E-state index >= 15 is 0 Å². The molecule has 242 valence electrons. The largest absolute Gasteiger partial charge is 0.309 e. The molecule has 0 saturated heterocycles. The summed E-state index contributed by atoms with van der Waals surface area (Å²) in [5.41, 5.74) is 11.0. The molecule has 52 heavy (non-hydrogen) atoms. The van der Waals surface area contributed by atoms with Gasteiger partial charge >= 0.3 is 0 Å². The van der Waals surface area contributed by atoms with Gasteiger partial charge in [0.05, 0.1) is 22.7 Å². The molecule has 1 aliphatic carbocycles. The van der Waals surface area contributed by atoms with Crippen molar-refractivity contribution in [1.82, 2.24) is 19.5 Å². The predicted molar refractivity (Wildman–Crippen MR) is 208 cm³/mol. The second-order valence-electron chi connectivity index (χ2n) is 13.9. The highest BCUT2D eigenvalue weighted by molar-refractivity contribution is 6.13. The normalized spacial score (nSPS) is 12.8. The molecule has 0 amide bonds. The van der Waals surface area contributed by atoms with Gasteiger partial charge in [-0.3, -0.25) is 0 Å². The molecule has 5 heteroatoms. The molecule has 9 aromatic rings. The average molecular weight is 664 g/mol. The zero-order valence-electron chi connectivity index (χ0n) is 28.5. The van der Waals surface area contributed by atoms with Crippen LogP contribution in [0.1, 0.15) is 30.5 Å². The number of benzene rings is 6. The fraction of sp³-hybridized carbons (Fsp3) is 0.0638. The lowest BCUT2D eigenvalue weighted by Gasteiger charge is -2.22. The third-order valence-corrected chi connectivity index (χ3v) is 10.5. The molecule has 10 rings (SSSR count). The molecule has 0 radical (unpaired) electrons. The predicted octanol–water partition coefficient (Wildman–Crippen LogP) is 10.9. The Morgan fingerprint density at radius 3 is 2.12 bits per heavy atom. The van der Waals surface area contributed by atoms with Crippen LogP contribution in [0.5, 0.6) is 0 Å². The lowest BCUT2D eigenvalue weighted by atomic mass is 9.82. The Kier molecular flexibility index (Phi) is 6.43. The minimum absolute atomic E-state index is 0.203. The summed E-state index contributed by atoms with van der Waals surface area (Å²) in [6.45, 7) is 4.65. The Labute approximate surface area is 301 Å². The van der Waals surface area contributed by atoms with E-state index in [1.165, 1.54) is 38.4 Å². The van der Waals surface area contributed by atoms with Gasteiger partial charge in [-0.25, -0.2) is 15.0 Å². The van der Waals surface area contributed by atoms with Crippen molar-refractivity contribution in [2.24, 2.45) is 0 Å². The van der Waals surface area contributed by atoms with Crippen molar-refractivity contribution in [3.05, 3.63) is 168 Å². The lowest BCUT2D eigenvalue weighted by Crippen LogP contribution is -2.15. The molecule has 0 spiro atoms. The minimum atomic E-state index is -0.203. The Morgan fingerprint density at radius 1 is 0.596 bits per heavy atom. The molecule has 0 unspecified atom stereocenters. The summed E-state index contributed by atoms with van der Waals surface area (Å²) in [5.74, 6) is 1.57. The fourth-order valence-corrected chi connectivity index (χ4v) is 8.02. The van der Waals surface area contributed by atoms with Gasteiger partial charge < -0.3 is 4.57 Å². The van der Waals surface area contributed by atoms with Gasteiger partial charge in [0.25, 0.3) is 0 Å². The highest BCUT2D eigenvalue weighted by Gasteiger charge is 2.37. The van der Waals surface area contributed by atoms with Crippen LogP contribution < -0.4 is 0 Å². The van der Waals surface area contributed by atoms with Crippen molar-refractivity contribution in [1.29, 1.82) is 5.26 Å². The van der Waals surface area contributed by atoms with Crippen molar-refractivity contribution < 1.29 is 0 Å². The van der Waals surface area contributed by atoms with Crippen LogP contribution in [-0.4, -0.2) is 19.5 Å². The molecule has 2 heterocycles. The number of hydrogen-bond acceptors (Lipinski definition) is 4. The number of para-hydroxylation sites is 1. The van der Waals surface area contributed by atoms with Gasteiger partial charge in [0, 0.05) is 38.6 Å². The third-order valence-electron chi connectivity index (χ3n) is 10.5. The summed E-state index contributed by atoms with van der Waals surface area (Å²) >= 11 is 0. The van der Waals surface area contributed by atoms with Crippen molar-refractivity contribution in [2.75, 3.05) is 0 Å². The maximum Gasteiger partial charge on any atom is 0.164 e. The first-order chi connectivity index (χ1) is 25.5. The zero-order chi connectivity index (χ0) is 35.0. The SMILES string of the molecule is CC1(C)c2cc3c(cc2-c2c1ccc1ccccc21)c1ccccc1n3-c1cc(C#N)cc(-c2nc(-c3cc#ccc3)nc(-c3ccccc3)n2)c1. The number of fused-ring (bicyclic) bond motifs is 8. The van der Waals surface area contributed by atoms with E-state index in [-0.39, 0.29) is 5.41 Å². The number of nitrogens with zero attached hydrogens (tertiary/aromatic N) is 5. The first-order valence-corrected chi connectivity index (χ1v) is 17.3. The average Bonchev–Trinajstić information content (AvgIpc) is 3.65. The first-order valence-electron chi connectivity index (χ1n) is 17.3. The molecule has 0 atom stereocenters. The minimum Gasteiger partial charge on any atom is -0.309 e. The smallest absolute Gasteiger partial charge is 0.164 e. The lowest BCUT2D eigenvalue weighted by molar-refractivity contribution is 0.661. The molecule has 0 aliphatic heterocycles. The molecular weight excluding hydrogens is 635 g/mol. The van der Waals surface area contributed by atoms with Crippen LogP contribution in [0.3, 0.4) is 0 Å². The van der Waals surface area contributed by atoms with Crippen LogP contribution in [0.15, 0.2) is 140 Å². The van der Waals surface area contributed by atoms with E-state index in [0.717, 1.165) is 38.8 Å². The summed E-state index contributed by atoms with van der Waals surface area (Å²) < 4.78 is 2.29. The van der Waals surface area contributed by atoms with Gasteiger partial charge in [-0.05, 0) is 87.6 Å². The van der Waals surface area contributed by atoms with E-state index in [9.17, 15) is 5.26 Å². The van der Waals surface area contributed by atoms with Gasteiger partial charge in [0.15, 0.2) is 17.5 Å². The fourth-order valence-electron chi connectivity index (χ4n) is 8.02. The van der Waals surface area contributed by atoms with E-state index in [0.29, 0.717) is 23.0 Å².